The van der Waals surface area contributed by atoms with Gasteiger partial charge in [-0.2, -0.15) is 0 Å². The third-order valence-corrected chi connectivity index (χ3v) is 10.6. The van der Waals surface area contributed by atoms with E-state index in [1.807, 2.05) is 0 Å². The molecule has 0 aliphatic rings. The summed E-state index contributed by atoms with van der Waals surface area (Å²) in [5, 5.41) is 10.2. The maximum absolute atomic E-state index is 10.2. The minimum Gasteiger partial charge on any atom is -0.508 e. The Morgan fingerprint density at radius 3 is 0.980 bits per heavy atom. The molecule has 0 unspecified atom stereocenters. The van der Waals surface area contributed by atoms with Gasteiger partial charge in [-0.15, -0.1) is 0 Å². The standard InChI is InChI=1S/C50H68O/c1-3-5-7-9-11-13-15-17-19-22-26-42-30-34-45(35-31-42)50(49(44-28-24-21-25-29-44)47-38-40-48(51)41-39-47)46-36-32-43(33-37-46)27-23-20-18-16-14-12-10-8-6-4-2/h21,24-25,28-41,51H,3-20,22-23,26-27H2,1-2H3. The van der Waals surface area contributed by atoms with Gasteiger partial charge in [0.15, 0.2) is 0 Å². The molecule has 4 aromatic carbocycles. The van der Waals surface area contributed by atoms with Gasteiger partial charge in [-0.3, -0.25) is 0 Å². The van der Waals surface area contributed by atoms with Gasteiger partial charge < -0.3 is 5.11 Å². The molecule has 4 rings (SSSR count). The van der Waals surface area contributed by atoms with Crippen LogP contribution in [0.5, 0.6) is 5.75 Å². The van der Waals surface area contributed by atoms with E-state index in [1.54, 1.807) is 12.1 Å². The second-order valence-electron chi connectivity index (χ2n) is 14.9. The number of phenols is 1. The van der Waals surface area contributed by atoms with Crippen LogP contribution in [0.3, 0.4) is 0 Å². The average Bonchev–Trinajstić information content (AvgIpc) is 3.17. The lowest BCUT2D eigenvalue weighted by atomic mass is 9.85. The molecule has 0 saturated carbocycles. The smallest absolute Gasteiger partial charge is 0.115 e. The van der Waals surface area contributed by atoms with Gasteiger partial charge in [0.05, 0.1) is 0 Å². The van der Waals surface area contributed by atoms with Crippen molar-refractivity contribution in [1.29, 1.82) is 0 Å². The maximum Gasteiger partial charge on any atom is 0.115 e. The first-order valence-electron chi connectivity index (χ1n) is 21.0. The van der Waals surface area contributed by atoms with Crippen LogP contribution in [0.1, 0.15) is 176 Å². The Morgan fingerprint density at radius 1 is 0.333 bits per heavy atom. The summed E-state index contributed by atoms with van der Waals surface area (Å²) >= 11 is 0. The molecule has 0 radical (unpaired) electrons. The molecule has 0 fully saturated rings. The van der Waals surface area contributed by atoms with E-state index < -0.39 is 0 Å². The minimum atomic E-state index is 0.292. The van der Waals surface area contributed by atoms with Crippen LogP contribution >= 0.6 is 0 Å². The van der Waals surface area contributed by atoms with Crippen molar-refractivity contribution in [3.8, 4) is 5.75 Å². The second-order valence-corrected chi connectivity index (χ2v) is 14.9. The Hall–Kier alpha value is -3.58. The molecule has 0 atom stereocenters. The van der Waals surface area contributed by atoms with Crippen LogP contribution in [-0.4, -0.2) is 5.11 Å². The first-order valence-corrected chi connectivity index (χ1v) is 21.0. The van der Waals surface area contributed by atoms with E-state index in [0.717, 1.165) is 18.4 Å². The van der Waals surface area contributed by atoms with E-state index in [-0.39, 0.29) is 0 Å². The fraction of sp³-hybridized carbons (Fsp3) is 0.480. The van der Waals surface area contributed by atoms with Gasteiger partial charge in [0.25, 0.3) is 0 Å². The van der Waals surface area contributed by atoms with E-state index in [9.17, 15) is 5.11 Å². The number of rotatable bonds is 26. The van der Waals surface area contributed by atoms with Crippen molar-refractivity contribution in [2.75, 3.05) is 0 Å². The van der Waals surface area contributed by atoms with Crippen molar-refractivity contribution < 1.29 is 5.11 Å². The summed E-state index contributed by atoms with van der Waals surface area (Å²) in [7, 11) is 0. The summed E-state index contributed by atoms with van der Waals surface area (Å²) in [6.45, 7) is 4.59. The molecule has 1 N–H and O–H groups in total. The average molecular weight is 685 g/mol. The first kappa shape index (κ1) is 40.2. The van der Waals surface area contributed by atoms with Gasteiger partial charge >= 0.3 is 0 Å². The summed E-state index contributed by atoms with van der Waals surface area (Å²) in [5.74, 6) is 0.292. The summed E-state index contributed by atoms with van der Waals surface area (Å²) in [5.41, 5.74) is 10.0. The van der Waals surface area contributed by atoms with Gasteiger partial charge in [0.1, 0.15) is 5.75 Å². The van der Waals surface area contributed by atoms with Gasteiger partial charge in [-0.25, -0.2) is 0 Å². The second kappa shape index (κ2) is 24.6. The molecule has 0 spiro atoms. The van der Waals surface area contributed by atoms with Crippen LogP contribution in [0.15, 0.2) is 103 Å². The Balaban J connectivity index is 1.45. The predicted molar refractivity (Wildman–Crippen MR) is 224 cm³/mol. The van der Waals surface area contributed by atoms with E-state index in [1.165, 1.54) is 167 Å². The number of aromatic hydroxyl groups is 1. The highest BCUT2D eigenvalue weighted by molar-refractivity contribution is 6.04. The molecule has 0 saturated heterocycles. The molecule has 274 valence electrons. The zero-order chi connectivity index (χ0) is 35.8. The Kier molecular flexibility index (Phi) is 19.4. The molecule has 1 heteroatoms. The zero-order valence-electron chi connectivity index (χ0n) is 32.3. The van der Waals surface area contributed by atoms with E-state index in [2.05, 4.69) is 105 Å². The van der Waals surface area contributed by atoms with Crippen LogP contribution in [0.2, 0.25) is 0 Å². The molecular weight excluding hydrogens is 617 g/mol. The summed E-state index contributed by atoms with van der Waals surface area (Å²) in [6.07, 6.45) is 29.7. The fourth-order valence-corrected chi connectivity index (χ4v) is 7.45. The van der Waals surface area contributed by atoms with Crippen molar-refractivity contribution in [3.05, 3.63) is 137 Å². The number of unbranched alkanes of at least 4 members (excludes halogenated alkanes) is 18. The highest BCUT2D eigenvalue weighted by Gasteiger charge is 2.17. The van der Waals surface area contributed by atoms with Crippen LogP contribution < -0.4 is 0 Å². The molecule has 0 aromatic heterocycles. The Bertz CT molecular complexity index is 1410. The quantitative estimate of drug-likeness (QED) is 0.0515. The van der Waals surface area contributed by atoms with Crippen LogP contribution in [-0.2, 0) is 12.8 Å². The third kappa shape index (κ3) is 14.9. The molecule has 0 bridgehead atoms. The van der Waals surface area contributed by atoms with Crippen molar-refractivity contribution in [2.24, 2.45) is 0 Å². The maximum atomic E-state index is 10.2. The summed E-state index contributed by atoms with van der Waals surface area (Å²) in [6, 6.07) is 37.2. The van der Waals surface area contributed by atoms with Crippen molar-refractivity contribution in [1.82, 2.24) is 0 Å². The third-order valence-electron chi connectivity index (χ3n) is 10.6. The summed E-state index contributed by atoms with van der Waals surface area (Å²) < 4.78 is 0. The minimum absolute atomic E-state index is 0.292. The molecule has 0 aliphatic carbocycles. The molecule has 0 heterocycles. The van der Waals surface area contributed by atoms with Gasteiger partial charge in [-0.05, 0) is 82.3 Å². The zero-order valence-corrected chi connectivity index (χ0v) is 32.3. The van der Waals surface area contributed by atoms with Crippen LogP contribution in [0, 0.1) is 0 Å². The SMILES string of the molecule is CCCCCCCCCCCCc1ccc(C(=C(c2ccccc2)c2ccc(O)cc2)c2ccc(CCCCCCCCCCCC)cc2)cc1. The van der Waals surface area contributed by atoms with E-state index in [0.29, 0.717) is 5.75 Å². The van der Waals surface area contributed by atoms with E-state index >= 15 is 0 Å². The number of hydrogen-bond acceptors (Lipinski definition) is 1. The lowest BCUT2D eigenvalue weighted by molar-refractivity contribution is 0.475. The fourth-order valence-electron chi connectivity index (χ4n) is 7.45. The lowest BCUT2D eigenvalue weighted by Crippen LogP contribution is -1.98. The highest BCUT2D eigenvalue weighted by atomic mass is 16.3. The number of hydrogen-bond donors (Lipinski definition) is 1. The van der Waals surface area contributed by atoms with Gasteiger partial charge in [0, 0.05) is 0 Å². The van der Waals surface area contributed by atoms with Crippen molar-refractivity contribution >= 4 is 11.1 Å². The first-order chi connectivity index (χ1) is 25.2. The van der Waals surface area contributed by atoms with E-state index in [4.69, 9.17) is 0 Å². The molecule has 4 aromatic rings. The van der Waals surface area contributed by atoms with Crippen molar-refractivity contribution in [3.63, 3.8) is 0 Å². The molecule has 51 heavy (non-hydrogen) atoms. The lowest BCUT2D eigenvalue weighted by Gasteiger charge is -2.19. The summed E-state index contributed by atoms with van der Waals surface area (Å²) in [4.78, 5) is 0. The number of phenolic OH excluding ortho intramolecular Hbond substituents is 1. The van der Waals surface area contributed by atoms with Crippen LogP contribution in [0.4, 0.5) is 0 Å². The molecule has 1 nitrogen and oxygen atoms in total. The predicted octanol–water partition coefficient (Wildman–Crippen LogP) is 15.3. The monoisotopic (exact) mass is 685 g/mol. The molecular formula is C50H68O. The van der Waals surface area contributed by atoms with Gasteiger partial charge in [-0.1, -0.05) is 220 Å². The topological polar surface area (TPSA) is 20.2 Å². The Morgan fingerprint density at radius 2 is 0.627 bits per heavy atom. The number of benzene rings is 4. The number of aryl methyl sites for hydroxylation is 2. The van der Waals surface area contributed by atoms with Gasteiger partial charge in [0.2, 0.25) is 0 Å². The van der Waals surface area contributed by atoms with Crippen LogP contribution in [0.25, 0.3) is 11.1 Å². The molecule has 0 amide bonds. The van der Waals surface area contributed by atoms with Crippen molar-refractivity contribution in [2.45, 2.75) is 155 Å². The Labute approximate surface area is 312 Å². The molecule has 0 aliphatic heterocycles. The normalized spacial score (nSPS) is 11.2. The largest absolute Gasteiger partial charge is 0.508 e. The highest BCUT2D eigenvalue weighted by Crippen LogP contribution is 2.37.